The maximum atomic E-state index is 13.4. The van der Waals surface area contributed by atoms with Crippen molar-refractivity contribution in [2.24, 2.45) is 5.92 Å². The highest BCUT2D eigenvalue weighted by Crippen LogP contribution is 2.31. The molecule has 2 aliphatic rings. The third kappa shape index (κ3) is 3.74. The Kier molecular flexibility index (Phi) is 5.19. The quantitative estimate of drug-likeness (QED) is 0.810. The van der Waals surface area contributed by atoms with Crippen molar-refractivity contribution in [1.82, 2.24) is 9.88 Å². The molecule has 136 valence electrons. The molecule has 1 aliphatic carbocycles. The van der Waals surface area contributed by atoms with Gasteiger partial charge in [0.1, 0.15) is 5.75 Å². The van der Waals surface area contributed by atoms with Gasteiger partial charge in [0.15, 0.2) is 0 Å². The van der Waals surface area contributed by atoms with E-state index >= 15 is 0 Å². The summed E-state index contributed by atoms with van der Waals surface area (Å²) in [7, 11) is 0. The Bertz CT molecular complexity index is 754. The molecule has 0 atom stereocenters. The Balaban J connectivity index is 1.59. The van der Waals surface area contributed by atoms with Crippen LogP contribution < -0.4 is 4.74 Å². The van der Waals surface area contributed by atoms with Gasteiger partial charge in [-0.1, -0.05) is 37.5 Å². The maximum absolute atomic E-state index is 13.4. The van der Waals surface area contributed by atoms with E-state index < -0.39 is 0 Å². The van der Waals surface area contributed by atoms with E-state index in [4.69, 9.17) is 4.74 Å². The van der Waals surface area contributed by atoms with E-state index in [0.717, 1.165) is 30.0 Å². The molecule has 1 aromatic heterocycles. The molecule has 0 spiro atoms. The number of rotatable bonds is 5. The number of para-hydroxylation sites is 1. The average molecular weight is 350 g/mol. The highest BCUT2D eigenvalue weighted by Gasteiger charge is 2.27. The number of hydrogen-bond donors (Lipinski definition) is 0. The van der Waals surface area contributed by atoms with Gasteiger partial charge in [-0.3, -0.25) is 9.78 Å². The highest BCUT2D eigenvalue weighted by atomic mass is 16.5. The first kappa shape index (κ1) is 17.1. The lowest BCUT2D eigenvalue weighted by Gasteiger charge is -2.30. The summed E-state index contributed by atoms with van der Waals surface area (Å²) in [6.07, 6.45) is 9.00. The second-order valence-electron chi connectivity index (χ2n) is 7.40. The van der Waals surface area contributed by atoms with Gasteiger partial charge < -0.3 is 9.64 Å². The average Bonchev–Trinajstić information content (AvgIpc) is 3.17. The molecule has 1 fully saturated rings. The van der Waals surface area contributed by atoms with Crippen LogP contribution in [0.5, 0.6) is 5.75 Å². The summed E-state index contributed by atoms with van der Waals surface area (Å²) < 4.78 is 5.78. The lowest BCUT2D eigenvalue weighted by molar-refractivity contribution is 0.0693. The van der Waals surface area contributed by atoms with Gasteiger partial charge in [0.2, 0.25) is 0 Å². The molecule has 0 N–H and O–H groups in total. The lowest BCUT2D eigenvalue weighted by atomic mass is 9.88. The summed E-state index contributed by atoms with van der Waals surface area (Å²) in [6, 6.07) is 11.8. The van der Waals surface area contributed by atoms with Crippen LogP contribution in [0, 0.1) is 5.92 Å². The molecule has 2 heterocycles. The number of benzene rings is 1. The molecule has 4 rings (SSSR count). The van der Waals surface area contributed by atoms with Gasteiger partial charge in [0, 0.05) is 19.2 Å². The fourth-order valence-corrected chi connectivity index (χ4v) is 4.14. The van der Waals surface area contributed by atoms with Gasteiger partial charge in [-0.05, 0) is 42.5 Å². The number of fused-ring (bicyclic) bond motifs is 1. The Morgan fingerprint density at radius 2 is 2.00 bits per heavy atom. The molecular formula is C22H26N2O2. The van der Waals surface area contributed by atoms with E-state index in [0.29, 0.717) is 24.6 Å². The molecule has 4 heteroatoms. The van der Waals surface area contributed by atoms with E-state index in [1.165, 1.54) is 32.1 Å². The first-order valence-electron chi connectivity index (χ1n) is 9.75. The van der Waals surface area contributed by atoms with Gasteiger partial charge in [-0.15, -0.1) is 0 Å². The molecule has 0 radical (unpaired) electrons. The minimum Gasteiger partial charge on any atom is -0.492 e. The van der Waals surface area contributed by atoms with Crippen molar-refractivity contribution in [3.05, 3.63) is 59.4 Å². The van der Waals surface area contributed by atoms with E-state index in [9.17, 15) is 4.79 Å². The van der Waals surface area contributed by atoms with Crippen LogP contribution in [-0.2, 0) is 13.0 Å². The van der Waals surface area contributed by atoms with E-state index in [-0.39, 0.29) is 5.91 Å². The van der Waals surface area contributed by atoms with E-state index in [2.05, 4.69) is 11.1 Å². The Morgan fingerprint density at radius 3 is 2.81 bits per heavy atom. The SMILES string of the molecule is O=C(c1cccc2c1OCC2)N(Cc1ccccn1)CC1CCCCC1. The van der Waals surface area contributed by atoms with Crippen LogP contribution >= 0.6 is 0 Å². The van der Waals surface area contributed by atoms with Crippen LogP contribution in [0.4, 0.5) is 0 Å². The summed E-state index contributed by atoms with van der Waals surface area (Å²) in [6.45, 7) is 2.03. The van der Waals surface area contributed by atoms with Gasteiger partial charge in [-0.2, -0.15) is 0 Å². The van der Waals surface area contributed by atoms with E-state index in [1.54, 1.807) is 6.20 Å². The second-order valence-corrected chi connectivity index (χ2v) is 7.40. The lowest BCUT2D eigenvalue weighted by Crippen LogP contribution is -2.36. The number of carbonyl (C=O) groups excluding carboxylic acids is 1. The number of nitrogens with zero attached hydrogens (tertiary/aromatic N) is 2. The summed E-state index contributed by atoms with van der Waals surface area (Å²) in [5.74, 6) is 1.45. The fraction of sp³-hybridized carbons (Fsp3) is 0.455. The molecule has 0 saturated heterocycles. The fourth-order valence-electron chi connectivity index (χ4n) is 4.14. The third-order valence-electron chi connectivity index (χ3n) is 5.51. The zero-order valence-electron chi connectivity index (χ0n) is 15.2. The number of aromatic nitrogens is 1. The Labute approximate surface area is 155 Å². The Hall–Kier alpha value is -2.36. The minimum absolute atomic E-state index is 0.0694. The van der Waals surface area contributed by atoms with Crippen LogP contribution in [0.15, 0.2) is 42.6 Å². The molecule has 1 aromatic carbocycles. The molecular weight excluding hydrogens is 324 g/mol. The van der Waals surface area contributed by atoms with Crippen LogP contribution in [-0.4, -0.2) is 28.9 Å². The smallest absolute Gasteiger partial charge is 0.257 e. The predicted molar refractivity (Wildman–Crippen MR) is 101 cm³/mol. The number of hydrogen-bond acceptors (Lipinski definition) is 3. The number of ether oxygens (including phenoxy) is 1. The van der Waals surface area contributed by atoms with Crippen molar-refractivity contribution in [3.63, 3.8) is 0 Å². The van der Waals surface area contributed by atoms with Crippen molar-refractivity contribution in [3.8, 4) is 5.75 Å². The largest absolute Gasteiger partial charge is 0.492 e. The second kappa shape index (κ2) is 7.90. The van der Waals surface area contributed by atoms with Gasteiger partial charge in [0.05, 0.1) is 24.4 Å². The summed E-state index contributed by atoms with van der Waals surface area (Å²) in [5.41, 5.74) is 2.78. The van der Waals surface area contributed by atoms with Crippen molar-refractivity contribution in [1.29, 1.82) is 0 Å². The number of pyridine rings is 1. The highest BCUT2D eigenvalue weighted by molar-refractivity contribution is 5.97. The molecule has 4 nitrogen and oxygen atoms in total. The maximum Gasteiger partial charge on any atom is 0.257 e. The molecule has 1 saturated carbocycles. The van der Waals surface area contributed by atoms with Crippen LogP contribution in [0.1, 0.15) is 53.7 Å². The monoisotopic (exact) mass is 350 g/mol. The first-order valence-corrected chi connectivity index (χ1v) is 9.75. The number of carbonyl (C=O) groups is 1. The summed E-state index contributed by atoms with van der Waals surface area (Å²) >= 11 is 0. The predicted octanol–water partition coefficient (Wildman–Crippen LogP) is 4.24. The zero-order chi connectivity index (χ0) is 17.8. The molecule has 1 aliphatic heterocycles. The first-order chi connectivity index (χ1) is 12.8. The molecule has 0 bridgehead atoms. The molecule has 2 aromatic rings. The van der Waals surface area contributed by atoms with Crippen LogP contribution in [0.25, 0.3) is 0 Å². The van der Waals surface area contributed by atoms with E-state index in [1.807, 2.05) is 35.2 Å². The van der Waals surface area contributed by atoms with Gasteiger partial charge in [0.25, 0.3) is 5.91 Å². The van der Waals surface area contributed by atoms with Crippen molar-refractivity contribution >= 4 is 5.91 Å². The third-order valence-corrected chi connectivity index (χ3v) is 5.51. The van der Waals surface area contributed by atoms with Crippen LogP contribution in [0.2, 0.25) is 0 Å². The van der Waals surface area contributed by atoms with Crippen molar-refractivity contribution in [2.45, 2.75) is 45.1 Å². The van der Waals surface area contributed by atoms with Crippen molar-refractivity contribution in [2.75, 3.05) is 13.2 Å². The summed E-state index contributed by atoms with van der Waals surface area (Å²) in [5, 5.41) is 0. The molecule has 0 unspecified atom stereocenters. The standard InChI is InChI=1S/C22H26N2O2/c25-22(20-11-6-9-18-12-14-26-21(18)20)24(15-17-7-2-1-3-8-17)16-19-10-4-5-13-23-19/h4-6,9-11,13,17H,1-3,7-8,12,14-16H2. The molecule has 1 amide bonds. The zero-order valence-corrected chi connectivity index (χ0v) is 15.2. The molecule has 26 heavy (non-hydrogen) atoms. The summed E-state index contributed by atoms with van der Waals surface area (Å²) in [4.78, 5) is 19.8. The normalized spacial score (nSPS) is 16.8. The van der Waals surface area contributed by atoms with Crippen molar-refractivity contribution < 1.29 is 9.53 Å². The minimum atomic E-state index is 0.0694. The van der Waals surface area contributed by atoms with Gasteiger partial charge >= 0.3 is 0 Å². The number of amides is 1. The Morgan fingerprint density at radius 1 is 1.12 bits per heavy atom. The van der Waals surface area contributed by atoms with Gasteiger partial charge in [-0.25, -0.2) is 0 Å². The topological polar surface area (TPSA) is 42.4 Å². The van der Waals surface area contributed by atoms with Crippen LogP contribution in [0.3, 0.4) is 0 Å².